The number of aryl methyl sites for hydroxylation is 2. The molecule has 1 aromatic carbocycles. The van der Waals surface area contributed by atoms with Gasteiger partial charge in [0.2, 0.25) is 5.91 Å². The largest absolute Gasteiger partial charge is 0.507 e. The Morgan fingerprint density at radius 2 is 1.87 bits per heavy atom. The number of hydrogen-bond acceptors (Lipinski definition) is 3. The Balaban J connectivity index is 2.95. The van der Waals surface area contributed by atoms with Crippen molar-refractivity contribution in [3.63, 3.8) is 0 Å². The van der Waals surface area contributed by atoms with Crippen molar-refractivity contribution in [3.05, 3.63) is 28.8 Å². The third-order valence-corrected chi connectivity index (χ3v) is 4.17. The van der Waals surface area contributed by atoms with E-state index in [9.17, 15) is 9.90 Å². The van der Waals surface area contributed by atoms with Gasteiger partial charge in [-0.3, -0.25) is 4.79 Å². The highest BCUT2D eigenvalue weighted by atomic mass is 16.3. The molecule has 0 aromatic heterocycles. The van der Waals surface area contributed by atoms with Crippen molar-refractivity contribution in [2.75, 3.05) is 19.7 Å². The van der Waals surface area contributed by atoms with E-state index in [2.05, 4.69) is 20.8 Å². The molecule has 23 heavy (non-hydrogen) atoms. The van der Waals surface area contributed by atoms with Gasteiger partial charge in [0.15, 0.2) is 0 Å². The summed E-state index contributed by atoms with van der Waals surface area (Å²) < 4.78 is 0. The molecule has 2 N–H and O–H groups in total. The van der Waals surface area contributed by atoms with E-state index >= 15 is 0 Å². The maximum absolute atomic E-state index is 12.2. The Morgan fingerprint density at radius 3 is 2.35 bits per heavy atom. The molecular weight excluding hydrogens is 290 g/mol. The van der Waals surface area contributed by atoms with Gasteiger partial charge in [-0.15, -0.1) is 0 Å². The number of carbonyl (C=O) groups is 1. The van der Waals surface area contributed by atoms with Gasteiger partial charge in [0.05, 0.1) is 6.61 Å². The summed E-state index contributed by atoms with van der Waals surface area (Å²) in [4.78, 5) is 13.9. The lowest BCUT2D eigenvalue weighted by molar-refractivity contribution is -0.131. The third kappa shape index (κ3) is 5.24. The first-order chi connectivity index (χ1) is 10.7. The molecule has 4 nitrogen and oxygen atoms in total. The predicted molar refractivity (Wildman–Crippen MR) is 93.8 cm³/mol. The number of benzene rings is 1. The summed E-state index contributed by atoms with van der Waals surface area (Å²) in [6.45, 7) is 11.2. The summed E-state index contributed by atoms with van der Waals surface area (Å²) in [5.41, 5.74) is 2.81. The van der Waals surface area contributed by atoms with Crippen molar-refractivity contribution in [3.8, 4) is 5.75 Å². The first-order valence-electron chi connectivity index (χ1n) is 8.48. The van der Waals surface area contributed by atoms with Crippen molar-refractivity contribution in [1.82, 2.24) is 4.90 Å². The Bertz CT molecular complexity index is 532. The van der Waals surface area contributed by atoms with E-state index < -0.39 is 0 Å². The lowest BCUT2D eigenvalue weighted by Crippen LogP contribution is -2.33. The monoisotopic (exact) mass is 321 g/mol. The fraction of sp³-hybridized carbons (Fsp3) is 0.632. The number of nitrogens with zero attached hydrogens (tertiary/aromatic N) is 1. The standard InChI is InChI=1S/C19H31NO3/c1-6-15-12-14(13-16(18(15)23)19(3,4)5)8-9-17(22)20(7-2)10-11-21/h12-13,21,23H,6-11H2,1-5H3. The maximum atomic E-state index is 12.2. The lowest BCUT2D eigenvalue weighted by Gasteiger charge is -2.24. The molecule has 0 aliphatic heterocycles. The molecule has 0 bridgehead atoms. The highest BCUT2D eigenvalue weighted by Crippen LogP contribution is 2.35. The smallest absolute Gasteiger partial charge is 0.222 e. The fourth-order valence-electron chi connectivity index (χ4n) is 2.74. The highest BCUT2D eigenvalue weighted by molar-refractivity contribution is 5.76. The van der Waals surface area contributed by atoms with Crippen LogP contribution in [-0.2, 0) is 23.1 Å². The number of carbonyl (C=O) groups excluding carboxylic acids is 1. The third-order valence-electron chi connectivity index (χ3n) is 4.17. The number of phenols is 1. The minimum absolute atomic E-state index is 0.00700. The van der Waals surface area contributed by atoms with Crippen molar-refractivity contribution in [1.29, 1.82) is 0 Å². The highest BCUT2D eigenvalue weighted by Gasteiger charge is 2.21. The second-order valence-corrected chi connectivity index (χ2v) is 6.95. The molecule has 0 saturated carbocycles. The minimum Gasteiger partial charge on any atom is -0.507 e. The molecule has 0 heterocycles. The van der Waals surface area contributed by atoms with Gasteiger partial charge in [-0.25, -0.2) is 0 Å². The summed E-state index contributed by atoms with van der Waals surface area (Å²) in [7, 11) is 0. The summed E-state index contributed by atoms with van der Waals surface area (Å²) in [5.74, 6) is 0.440. The second-order valence-electron chi connectivity index (χ2n) is 6.95. The van der Waals surface area contributed by atoms with Crippen molar-refractivity contribution >= 4 is 5.91 Å². The Hall–Kier alpha value is -1.55. The van der Waals surface area contributed by atoms with Crippen LogP contribution in [0.3, 0.4) is 0 Å². The number of amides is 1. The molecule has 0 saturated heterocycles. The van der Waals surface area contributed by atoms with Crippen LogP contribution in [0, 0.1) is 0 Å². The van der Waals surface area contributed by atoms with Crippen LogP contribution in [-0.4, -0.2) is 40.7 Å². The number of rotatable bonds is 7. The van der Waals surface area contributed by atoms with E-state index in [0.29, 0.717) is 31.7 Å². The SMILES string of the molecule is CCc1cc(CCC(=O)N(CC)CCO)cc(C(C)(C)C)c1O. The van der Waals surface area contributed by atoms with Gasteiger partial charge < -0.3 is 15.1 Å². The van der Waals surface area contributed by atoms with Crippen LogP contribution in [0.15, 0.2) is 12.1 Å². The zero-order valence-electron chi connectivity index (χ0n) is 15.1. The van der Waals surface area contributed by atoms with Crippen LogP contribution in [0.2, 0.25) is 0 Å². The van der Waals surface area contributed by atoms with E-state index in [-0.39, 0.29) is 17.9 Å². The molecule has 0 atom stereocenters. The summed E-state index contributed by atoms with van der Waals surface area (Å²) >= 11 is 0. The zero-order chi connectivity index (χ0) is 17.6. The normalized spacial score (nSPS) is 11.6. The van der Waals surface area contributed by atoms with Gasteiger partial charge in [-0.2, -0.15) is 0 Å². The van der Waals surface area contributed by atoms with Crippen molar-refractivity contribution < 1.29 is 15.0 Å². The van der Waals surface area contributed by atoms with Crippen LogP contribution in [0.5, 0.6) is 5.75 Å². The van der Waals surface area contributed by atoms with Gasteiger partial charge in [0, 0.05) is 19.5 Å². The first-order valence-corrected chi connectivity index (χ1v) is 8.48. The molecular formula is C19H31NO3. The van der Waals surface area contributed by atoms with E-state index in [4.69, 9.17) is 5.11 Å². The maximum Gasteiger partial charge on any atom is 0.222 e. The second kappa shape index (κ2) is 8.34. The van der Waals surface area contributed by atoms with Crippen molar-refractivity contribution in [2.24, 2.45) is 0 Å². The van der Waals surface area contributed by atoms with Crippen LogP contribution < -0.4 is 0 Å². The van der Waals surface area contributed by atoms with Gasteiger partial charge in [-0.1, -0.05) is 39.8 Å². The summed E-state index contributed by atoms with van der Waals surface area (Å²) in [5, 5.41) is 19.4. The summed E-state index contributed by atoms with van der Waals surface area (Å²) in [6, 6.07) is 4.02. The average molecular weight is 321 g/mol. The van der Waals surface area contributed by atoms with Crippen LogP contribution in [0.4, 0.5) is 0 Å². The number of likely N-dealkylation sites (N-methyl/N-ethyl adjacent to an activating group) is 1. The van der Waals surface area contributed by atoms with Gasteiger partial charge in [0.25, 0.3) is 0 Å². The number of aromatic hydroxyl groups is 1. The van der Waals surface area contributed by atoms with Crippen LogP contribution in [0.1, 0.15) is 57.7 Å². The van der Waals surface area contributed by atoms with Crippen LogP contribution >= 0.6 is 0 Å². The van der Waals surface area contributed by atoms with E-state index in [1.807, 2.05) is 26.0 Å². The van der Waals surface area contributed by atoms with Gasteiger partial charge in [-0.05, 0) is 41.9 Å². The molecule has 0 aliphatic rings. The quantitative estimate of drug-likeness (QED) is 0.811. The van der Waals surface area contributed by atoms with Crippen molar-refractivity contribution in [2.45, 2.75) is 59.3 Å². The zero-order valence-corrected chi connectivity index (χ0v) is 15.1. The molecule has 130 valence electrons. The molecule has 0 radical (unpaired) electrons. The number of aliphatic hydroxyl groups is 1. The summed E-state index contributed by atoms with van der Waals surface area (Å²) in [6.07, 6.45) is 1.84. The minimum atomic E-state index is -0.139. The van der Waals surface area contributed by atoms with E-state index in [0.717, 1.165) is 23.1 Å². The molecule has 0 fully saturated rings. The Kier molecular flexibility index (Phi) is 7.07. The van der Waals surface area contributed by atoms with E-state index in [1.54, 1.807) is 4.90 Å². The van der Waals surface area contributed by atoms with Gasteiger partial charge >= 0.3 is 0 Å². The lowest BCUT2D eigenvalue weighted by atomic mass is 9.83. The number of hydrogen-bond donors (Lipinski definition) is 2. The Labute approximate surface area is 140 Å². The topological polar surface area (TPSA) is 60.8 Å². The molecule has 4 heteroatoms. The van der Waals surface area contributed by atoms with Gasteiger partial charge in [0.1, 0.15) is 5.75 Å². The molecule has 1 rings (SSSR count). The molecule has 0 unspecified atom stereocenters. The number of aliphatic hydroxyl groups excluding tert-OH is 1. The van der Waals surface area contributed by atoms with Crippen LogP contribution in [0.25, 0.3) is 0 Å². The fourth-order valence-corrected chi connectivity index (χ4v) is 2.74. The number of phenolic OH excluding ortho intramolecular Hbond substituents is 1. The Morgan fingerprint density at radius 1 is 1.22 bits per heavy atom. The average Bonchev–Trinajstić information content (AvgIpc) is 2.49. The van der Waals surface area contributed by atoms with E-state index in [1.165, 1.54) is 0 Å². The molecule has 1 amide bonds. The molecule has 0 spiro atoms. The molecule has 0 aliphatic carbocycles. The molecule has 1 aromatic rings. The predicted octanol–water partition coefficient (Wildman–Crippen LogP) is 3.03. The first kappa shape index (κ1) is 19.5.